The maximum Gasteiger partial charge on any atom is 0.274 e. The third kappa shape index (κ3) is 3.65. The van der Waals surface area contributed by atoms with Crippen LogP contribution in [-0.4, -0.2) is 67.0 Å². The summed E-state index contributed by atoms with van der Waals surface area (Å²) in [6.45, 7) is 4.42. The Morgan fingerprint density at radius 3 is 2.10 bits per heavy atom. The van der Waals surface area contributed by atoms with Crippen LogP contribution >= 0.6 is 0 Å². The first-order valence-corrected chi connectivity index (χ1v) is 10.2. The van der Waals surface area contributed by atoms with Crippen molar-refractivity contribution in [3.8, 4) is 11.4 Å². The van der Waals surface area contributed by atoms with Crippen LogP contribution in [0.4, 0.5) is 5.95 Å². The molecule has 0 spiro atoms. The van der Waals surface area contributed by atoms with Crippen LogP contribution in [0.25, 0.3) is 11.4 Å². The number of rotatable bonds is 4. The summed E-state index contributed by atoms with van der Waals surface area (Å²) in [5.41, 5.74) is 3.23. The Morgan fingerprint density at radius 1 is 0.839 bits per heavy atom. The number of hydrogen-bond acceptors (Lipinski definition) is 6. The van der Waals surface area contributed by atoms with Gasteiger partial charge in [0, 0.05) is 31.9 Å². The molecule has 1 fully saturated rings. The molecule has 9 nitrogen and oxygen atoms in total. The lowest BCUT2D eigenvalue weighted by Gasteiger charge is -2.34. The lowest BCUT2D eigenvalue weighted by Crippen LogP contribution is -2.49. The zero-order valence-electron chi connectivity index (χ0n) is 17.2. The number of carbonyl (C=O) groups is 1. The molecule has 0 bridgehead atoms. The van der Waals surface area contributed by atoms with E-state index < -0.39 is 0 Å². The summed E-state index contributed by atoms with van der Waals surface area (Å²) in [4.78, 5) is 17.0. The molecular weight excluding hydrogens is 392 g/mol. The predicted octanol–water partition coefficient (Wildman–Crippen LogP) is 2.12. The summed E-state index contributed by atoms with van der Waals surface area (Å²) < 4.78 is 3.53. The van der Waals surface area contributed by atoms with Gasteiger partial charge in [-0.3, -0.25) is 4.79 Å². The fourth-order valence-electron chi connectivity index (χ4n) is 3.80. The van der Waals surface area contributed by atoms with E-state index in [1.807, 2.05) is 78.6 Å². The summed E-state index contributed by atoms with van der Waals surface area (Å²) in [5, 5.41) is 16.7. The van der Waals surface area contributed by atoms with Crippen molar-refractivity contribution in [3.63, 3.8) is 0 Å². The fourth-order valence-corrected chi connectivity index (χ4v) is 3.80. The molecule has 0 aliphatic carbocycles. The van der Waals surface area contributed by atoms with E-state index in [1.54, 1.807) is 9.36 Å². The average molecular weight is 414 g/mol. The summed E-state index contributed by atoms with van der Waals surface area (Å²) >= 11 is 0. The molecule has 1 amide bonds. The summed E-state index contributed by atoms with van der Waals surface area (Å²) in [5.74, 6) is 0.627. The number of hydrogen-bond donors (Lipinski definition) is 0. The first-order chi connectivity index (χ1) is 15.2. The minimum atomic E-state index is -0.0555. The van der Waals surface area contributed by atoms with Crippen LogP contribution in [0.5, 0.6) is 0 Å². The number of tetrazole rings is 1. The molecule has 1 aliphatic heterocycles. The van der Waals surface area contributed by atoms with Gasteiger partial charge in [-0.2, -0.15) is 9.78 Å². The lowest BCUT2D eigenvalue weighted by molar-refractivity contribution is 0.0739. The van der Waals surface area contributed by atoms with Gasteiger partial charge in [-0.1, -0.05) is 41.5 Å². The standard InChI is InChI=1S/C22H22N8O/c1-17-16-20(24-29(17)18-8-4-2-5-9-18)21(31)27-12-14-28(15-13-27)22-23-25-26-30(22)19-10-6-3-7-11-19/h2-11,16H,12-15H2,1H3. The zero-order valence-corrected chi connectivity index (χ0v) is 17.2. The maximum atomic E-state index is 13.1. The Morgan fingerprint density at radius 2 is 1.45 bits per heavy atom. The molecule has 9 heteroatoms. The van der Waals surface area contributed by atoms with Crippen LogP contribution in [0, 0.1) is 6.92 Å². The number of amides is 1. The Kier molecular flexibility index (Phi) is 4.91. The van der Waals surface area contributed by atoms with Crippen molar-refractivity contribution < 1.29 is 4.79 Å². The summed E-state index contributed by atoms with van der Waals surface area (Å²) in [6, 6.07) is 21.5. The number of carbonyl (C=O) groups excluding carboxylic acids is 1. The van der Waals surface area contributed by atoms with Crippen molar-refractivity contribution in [1.29, 1.82) is 0 Å². The van der Waals surface area contributed by atoms with Crippen molar-refractivity contribution >= 4 is 11.9 Å². The molecule has 156 valence electrons. The normalized spacial score (nSPS) is 14.1. The first-order valence-electron chi connectivity index (χ1n) is 10.2. The van der Waals surface area contributed by atoms with Crippen LogP contribution in [0.1, 0.15) is 16.2 Å². The van der Waals surface area contributed by atoms with Crippen molar-refractivity contribution in [3.05, 3.63) is 78.1 Å². The minimum absolute atomic E-state index is 0.0555. The smallest absolute Gasteiger partial charge is 0.274 e. The summed E-state index contributed by atoms with van der Waals surface area (Å²) in [7, 11) is 0. The van der Waals surface area contributed by atoms with Gasteiger partial charge in [0.05, 0.1) is 11.4 Å². The second-order valence-electron chi connectivity index (χ2n) is 7.42. The molecule has 4 aromatic rings. The van der Waals surface area contributed by atoms with Crippen LogP contribution in [0.2, 0.25) is 0 Å². The Hall–Kier alpha value is -4.01. The van der Waals surface area contributed by atoms with Crippen molar-refractivity contribution in [2.45, 2.75) is 6.92 Å². The number of aromatic nitrogens is 6. The van der Waals surface area contributed by atoms with Gasteiger partial charge >= 0.3 is 0 Å². The van der Waals surface area contributed by atoms with E-state index in [2.05, 4.69) is 25.5 Å². The number of piperazine rings is 1. The molecule has 1 aliphatic rings. The van der Waals surface area contributed by atoms with E-state index in [9.17, 15) is 4.79 Å². The van der Waals surface area contributed by atoms with Crippen molar-refractivity contribution in [1.82, 2.24) is 34.9 Å². The molecule has 31 heavy (non-hydrogen) atoms. The second-order valence-corrected chi connectivity index (χ2v) is 7.42. The molecule has 0 atom stereocenters. The van der Waals surface area contributed by atoms with E-state index in [1.165, 1.54) is 0 Å². The van der Waals surface area contributed by atoms with E-state index in [4.69, 9.17) is 0 Å². The van der Waals surface area contributed by atoms with Gasteiger partial charge in [-0.15, -0.1) is 0 Å². The zero-order chi connectivity index (χ0) is 21.2. The SMILES string of the molecule is Cc1cc(C(=O)N2CCN(c3nnnn3-c3ccccc3)CC2)nn1-c1ccccc1. The highest BCUT2D eigenvalue weighted by Gasteiger charge is 2.27. The minimum Gasteiger partial charge on any atom is -0.336 e. The van der Waals surface area contributed by atoms with Gasteiger partial charge in [0.15, 0.2) is 5.69 Å². The van der Waals surface area contributed by atoms with Gasteiger partial charge in [-0.05, 0) is 47.7 Å². The largest absolute Gasteiger partial charge is 0.336 e. The van der Waals surface area contributed by atoms with Gasteiger partial charge in [0.2, 0.25) is 5.95 Å². The van der Waals surface area contributed by atoms with E-state index in [0.717, 1.165) is 17.1 Å². The number of nitrogens with zero attached hydrogens (tertiary/aromatic N) is 8. The van der Waals surface area contributed by atoms with Crippen molar-refractivity contribution in [2.24, 2.45) is 0 Å². The highest BCUT2D eigenvalue weighted by atomic mass is 16.2. The molecule has 0 unspecified atom stereocenters. The predicted molar refractivity (Wildman–Crippen MR) is 116 cm³/mol. The molecule has 1 saturated heterocycles. The average Bonchev–Trinajstić information content (AvgIpc) is 3.47. The third-order valence-corrected chi connectivity index (χ3v) is 5.41. The van der Waals surface area contributed by atoms with E-state index in [0.29, 0.717) is 37.8 Å². The van der Waals surface area contributed by atoms with E-state index >= 15 is 0 Å². The quantitative estimate of drug-likeness (QED) is 0.509. The number of anilines is 1. The second kappa shape index (κ2) is 8.02. The number of benzene rings is 2. The van der Waals surface area contributed by atoms with Gasteiger partial charge in [-0.25, -0.2) is 4.68 Å². The van der Waals surface area contributed by atoms with E-state index in [-0.39, 0.29) is 5.91 Å². The summed E-state index contributed by atoms with van der Waals surface area (Å²) in [6.07, 6.45) is 0. The Bertz CT molecular complexity index is 1180. The highest BCUT2D eigenvalue weighted by Crippen LogP contribution is 2.19. The fraction of sp³-hybridized carbons (Fsp3) is 0.227. The molecule has 3 heterocycles. The topological polar surface area (TPSA) is 85.0 Å². The monoisotopic (exact) mass is 414 g/mol. The molecule has 2 aromatic carbocycles. The first kappa shape index (κ1) is 19.0. The lowest BCUT2D eigenvalue weighted by atomic mass is 10.2. The van der Waals surface area contributed by atoms with Gasteiger partial charge < -0.3 is 9.80 Å². The Labute approximate surface area is 179 Å². The van der Waals surface area contributed by atoms with Gasteiger partial charge in [0.25, 0.3) is 5.91 Å². The molecule has 0 N–H and O–H groups in total. The molecular formula is C22H22N8O. The molecule has 2 aromatic heterocycles. The van der Waals surface area contributed by atoms with Crippen LogP contribution in [-0.2, 0) is 0 Å². The van der Waals surface area contributed by atoms with Gasteiger partial charge in [0.1, 0.15) is 0 Å². The van der Waals surface area contributed by atoms with Crippen molar-refractivity contribution in [2.75, 3.05) is 31.1 Å². The van der Waals surface area contributed by atoms with Crippen LogP contribution < -0.4 is 4.90 Å². The maximum absolute atomic E-state index is 13.1. The third-order valence-electron chi connectivity index (χ3n) is 5.41. The molecule has 0 radical (unpaired) electrons. The number of para-hydroxylation sites is 2. The molecule has 5 rings (SSSR count). The highest BCUT2D eigenvalue weighted by molar-refractivity contribution is 5.92. The van der Waals surface area contributed by atoms with Crippen LogP contribution in [0.3, 0.4) is 0 Å². The Balaban J connectivity index is 1.29. The van der Waals surface area contributed by atoms with Crippen LogP contribution in [0.15, 0.2) is 66.7 Å². The molecule has 0 saturated carbocycles. The number of aryl methyl sites for hydroxylation is 1.